The lowest BCUT2D eigenvalue weighted by atomic mass is 9.98. The molecule has 2 heterocycles. The molecule has 0 saturated heterocycles. The van der Waals surface area contributed by atoms with E-state index < -0.39 is 5.25 Å². The Morgan fingerprint density at radius 1 is 1.08 bits per heavy atom. The van der Waals surface area contributed by atoms with Crippen LogP contribution < -0.4 is 10.1 Å². The summed E-state index contributed by atoms with van der Waals surface area (Å²) in [4.78, 5) is 29.9. The molecule has 7 nitrogen and oxygen atoms in total. The van der Waals surface area contributed by atoms with Gasteiger partial charge in [0.2, 0.25) is 5.91 Å². The molecule has 3 aromatic rings. The van der Waals surface area contributed by atoms with Gasteiger partial charge in [0.25, 0.3) is 5.91 Å². The van der Waals surface area contributed by atoms with Crippen LogP contribution in [0, 0.1) is 13.8 Å². The molecule has 5 rings (SSSR count). The van der Waals surface area contributed by atoms with Crippen molar-refractivity contribution in [1.82, 2.24) is 5.01 Å². The van der Waals surface area contributed by atoms with Gasteiger partial charge >= 0.3 is 0 Å². The van der Waals surface area contributed by atoms with E-state index in [0.29, 0.717) is 22.3 Å². The van der Waals surface area contributed by atoms with Crippen LogP contribution in [0.25, 0.3) is 0 Å². The second kappa shape index (κ2) is 11.0. The van der Waals surface area contributed by atoms with Gasteiger partial charge < -0.3 is 10.1 Å². The smallest absolute Gasteiger partial charge is 0.262 e. The lowest BCUT2D eigenvalue weighted by Crippen LogP contribution is -2.25. The zero-order chi connectivity index (χ0) is 26.8. The fraction of sp³-hybridized carbons (Fsp3) is 0.241. The third-order valence-electron chi connectivity index (χ3n) is 6.67. The van der Waals surface area contributed by atoms with E-state index in [4.69, 9.17) is 21.4 Å². The minimum absolute atomic E-state index is 0.0257. The van der Waals surface area contributed by atoms with Gasteiger partial charge in [0, 0.05) is 23.6 Å². The van der Waals surface area contributed by atoms with E-state index in [-0.39, 0.29) is 24.3 Å². The summed E-state index contributed by atoms with van der Waals surface area (Å²) in [5.41, 5.74) is 5.80. The van der Waals surface area contributed by atoms with Gasteiger partial charge in [0.15, 0.2) is 5.17 Å². The summed E-state index contributed by atoms with van der Waals surface area (Å²) in [6, 6.07) is 20.9. The molecular formula is C29H27ClN4O3S. The number of carbonyl (C=O) groups excluding carboxylic acids is 2. The summed E-state index contributed by atoms with van der Waals surface area (Å²) < 4.78 is 5.28. The number of halogens is 1. The van der Waals surface area contributed by atoms with Gasteiger partial charge in [-0.1, -0.05) is 41.6 Å². The van der Waals surface area contributed by atoms with E-state index in [1.807, 2.05) is 80.6 Å². The molecular weight excluding hydrogens is 520 g/mol. The van der Waals surface area contributed by atoms with Crippen LogP contribution in [-0.2, 0) is 9.59 Å². The predicted molar refractivity (Wildman–Crippen MR) is 153 cm³/mol. The maximum atomic E-state index is 12.8. The summed E-state index contributed by atoms with van der Waals surface area (Å²) in [6.07, 6.45) is 0.650. The number of anilines is 1. The Balaban J connectivity index is 1.34. The largest absolute Gasteiger partial charge is 0.497 e. The number of aliphatic imine (C=N–C) groups is 1. The average Bonchev–Trinajstić information content (AvgIpc) is 3.51. The van der Waals surface area contributed by atoms with Crippen molar-refractivity contribution >= 4 is 51.7 Å². The van der Waals surface area contributed by atoms with E-state index in [2.05, 4.69) is 10.3 Å². The molecule has 2 aliphatic rings. The number of hydrogen-bond donors (Lipinski definition) is 1. The topological polar surface area (TPSA) is 83.4 Å². The van der Waals surface area contributed by atoms with Crippen LogP contribution in [0.4, 0.5) is 5.69 Å². The average molecular weight is 547 g/mol. The molecule has 0 saturated carbocycles. The molecule has 2 amide bonds. The van der Waals surface area contributed by atoms with Gasteiger partial charge in [-0.3, -0.25) is 9.59 Å². The highest BCUT2D eigenvalue weighted by molar-refractivity contribution is 8.15. The molecule has 194 valence electrons. The fourth-order valence-electron chi connectivity index (χ4n) is 4.39. The van der Waals surface area contributed by atoms with Gasteiger partial charge in [-0.25, -0.2) is 5.01 Å². The number of rotatable bonds is 6. The Morgan fingerprint density at radius 2 is 1.82 bits per heavy atom. The van der Waals surface area contributed by atoms with Gasteiger partial charge in [0.1, 0.15) is 11.0 Å². The third kappa shape index (κ3) is 5.61. The number of carbonyl (C=O) groups is 2. The Hall–Kier alpha value is -3.62. The monoisotopic (exact) mass is 546 g/mol. The molecule has 0 bridgehead atoms. The lowest BCUT2D eigenvalue weighted by molar-refractivity contribution is -0.121. The highest BCUT2D eigenvalue weighted by Crippen LogP contribution is 2.39. The maximum Gasteiger partial charge on any atom is 0.262 e. The van der Waals surface area contributed by atoms with Crippen LogP contribution in [0.15, 0.2) is 76.8 Å². The second-order valence-electron chi connectivity index (χ2n) is 9.28. The van der Waals surface area contributed by atoms with E-state index >= 15 is 0 Å². The number of benzene rings is 3. The molecule has 0 unspecified atom stereocenters. The quantitative estimate of drug-likeness (QED) is 0.401. The van der Waals surface area contributed by atoms with Crippen molar-refractivity contribution in [1.29, 1.82) is 0 Å². The highest BCUT2D eigenvalue weighted by atomic mass is 35.5. The van der Waals surface area contributed by atoms with Crippen LogP contribution in [-0.4, -0.2) is 40.1 Å². The van der Waals surface area contributed by atoms with Crippen molar-refractivity contribution in [2.45, 2.75) is 38.0 Å². The minimum Gasteiger partial charge on any atom is -0.497 e. The zero-order valence-electron chi connectivity index (χ0n) is 21.3. The molecule has 0 spiro atoms. The van der Waals surface area contributed by atoms with Crippen molar-refractivity contribution in [2.75, 3.05) is 12.4 Å². The standard InChI is InChI=1S/C29H27ClN4O3S/c1-17-4-11-22(14-18(17)2)31-27(35)16-26-28(36)32-29(38-26)34-25(20-5-9-21(30)10-6-20)15-24(33-34)19-7-12-23(37-3)13-8-19/h4-14,25-26H,15-16H2,1-3H3,(H,31,35)/t25-,26-/m1/s1. The van der Waals surface area contributed by atoms with Gasteiger partial charge in [-0.05, 0) is 84.6 Å². The number of hydrogen-bond acceptors (Lipinski definition) is 6. The van der Waals surface area contributed by atoms with Crippen molar-refractivity contribution in [3.05, 3.63) is 94.0 Å². The number of ether oxygens (including phenoxy) is 1. The second-order valence-corrected chi connectivity index (χ2v) is 10.9. The van der Waals surface area contributed by atoms with E-state index in [1.54, 1.807) is 12.1 Å². The summed E-state index contributed by atoms with van der Waals surface area (Å²) in [7, 11) is 1.63. The SMILES string of the molecule is COc1ccc(C2=NN(C3=NC(=O)[C@@H](CC(=O)Nc4ccc(C)c(C)c4)S3)[C@@H](c3ccc(Cl)cc3)C2)cc1. The van der Waals surface area contributed by atoms with Crippen LogP contribution >= 0.6 is 23.4 Å². The molecule has 0 fully saturated rings. The number of amidine groups is 1. The molecule has 2 aliphatic heterocycles. The number of aryl methyl sites for hydroxylation is 2. The summed E-state index contributed by atoms with van der Waals surface area (Å²) in [5.74, 6) is 0.207. The number of hydrazone groups is 1. The van der Waals surface area contributed by atoms with E-state index in [0.717, 1.165) is 33.7 Å². The summed E-state index contributed by atoms with van der Waals surface area (Å²) in [5, 5.41) is 10.1. The molecule has 3 aromatic carbocycles. The highest BCUT2D eigenvalue weighted by Gasteiger charge is 2.39. The van der Waals surface area contributed by atoms with Crippen molar-refractivity contribution in [3.63, 3.8) is 0 Å². The third-order valence-corrected chi connectivity index (χ3v) is 8.07. The number of nitrogens with one attached hydrogen (secondary N) is 1. The molecule has 1 N–H and O–H groups in total. The predicted octanol–water partition coefficient (Wildman–Crippen LogP) is 6.14. The Bertz CT molecular complexity index is 1440. The van der Waals surface area contributed by atoms with Crippen LogP contribution in [0.2, 0.25) is 5.02 Å². The first-order valence-electron chi connectivity index (χ1n) is 12.2. The molecule has 38 heavy (non-hydrogen) atoms. The van der Waals surface area contributed by atoms with E-state index in [1.165, 1.54) is 11.8 Å². The Kier molecular flexibility index (Phi) is 7.53. The molecule has 9 heteroatoms. The van der Waals surface area contributed by atoms with Crippen LogP contribution in [0.5, 0.6) is 5.75 Å². The van der Waals surface area contributed by atoms with Gasteiger partial charge in [-0.15, -0.1) is 0 Å². The first kappa shape index (κ1) is 26.0. The Morgan fingerprint density at radius 3 is 2.50 bits per heavy atom. The van der Waals surface area contributed by atoms with Crippen molar-refractivity contribution in [2.24, 2.45) is 10.1 Å². The van der Waals surface area contributed by atoms with Crippen molar-refractivity contribution in [3.8, 4) is 5.75 Å². The zero-order valence-corrected chi connectivity index (χ0v) is 22.8. The van der Waals surface area contributed by atoms with Crippen LogP contribution in [0.1, 0.15) is 41.1 Å². The van der Waals surface area contributed by atoms with Crippen molar-refractivity contribution < 1.29 is 14.3 Å². The van der Waals surface area contributed by atoms with Gasteiger partial charge in [0.05, 0.1) is 18.9 Å². The molecule has 2 atom stereocenters. The minimum atomic E-state index is -0.609. The Labute approximate surface area is 230 Å². The first-order valence-corrected chi connectivity index (χ1v) is 13.5. The van der Waals surface area contributed by atoms with Gasteiger partial charge in [-0.2, -0.15) is 10.1 Å². The number of amides is 2. The van der Waals surface area contributed by atoms with Crippen LogP contribution in [0.3, 0.4) is 0 Å². The number of nitrogens with zero attached hydrogens (tertiary/aromatic N) is 3. The molecule has 0 aromatic heterocycles. The maximum absolute atomic E-state index is 12.8. The fourth-order valence-corrected chi connectivity index (χ4v) is 5.58. The number of thioether (sulfide) groups is 1. The van der Waals surface area contributed by atoms with E-state index in [9.17, 15) is 9.59 Å². The number of methoxy groups -OCH3 is 1. The first-order chi connectivity index (χ1) is 18.3. The summed E-state index contributed by atoms with van der Waals surface area (Å²) >= 11 is 7.41. The molecule has 0 radical (unpaired) electrons. The normalized spacial score (nSPS) is 18.8. The lowest BCUT2D eigenvalue weighted by Gasteiger charge is -2.23. The summed E-state index contributed by atoms with van der Waals surface area (Å²) in [6.45, 7) is 4.02. The molecule has 0 aliphatic carbocycles.